The third-order valence-electron chi connectivity index (χ3n) is 9.64. The molecule has 168 valence electrons. The molecular weight excluding hydrogens is 380 g/mol. The highest BCUT2D eigenvalue weighted by molar-refractivity contribution is 5.81. The third-order valence-corrected chi connectivity index (χ3v) is 9.64. The molecule has 0 amide bonds. The second-order valence-corrected chi connectivity index (χ2v) is 11.4. The van der Waals surface area contributed by atoms with Crippen LogP contribution in [0.5, 0.6) is 0 Å². The maximum absolute atomic E-state index is 7.37. The van der Waals surface area contributed by atoms with Gasteiger partial charge in [-0.25, -0.2) is 0 Å². The van der Waals surface area contributed by atoms with Crippen LogP contribution < -0.4 is 0 Å². The van der Waals surface area contributed by atoms with Gasteiger partial charge in [-0.1, -0.05) is 37.3 Å². The number of fused-ring (bicyclic) bond motifs is 1. The molecule has 2 saturated carbocycles. The number of allylic oxidation sites excluding steroid dienone is 4. The maximum atomic E-state index is 7.37. The molecule has 2 spiro atoms. The van der Waals surface area contributed by atoms with Gasteiger partial charge in [-0.15, -0.1) is 0 Å². The van der Waals surface area contributed by atoms with Gasteiger partial charge in [-0.05, 0) is 106 Å². The van der Waals surface area contributed by atoms with Crippen molar-refractivity contribution in [3.63, 3.8) is 0 Å². The summed E-state index contributed by atoms with van der Waals surface area (Å²) >= 11 is 0. The molecule has 3 nitrogen and oxygen atoms in total. The number of aliphatic imine (C=N–C) groups is 1. The fraction of sp³-hybridized carbons (Fsp3) is 0.679. The average molecular weight is 421 g/mol. The van der Waals surface area contributed by atoms with Crippen LogP contribution in [0, 0.1) is 17.3 Å². The van der Waals surface area contributed by atoms with Crippen LogP contribution in [0.2, 0.25) is 0 Å². The van der Waals surface area contributed by atoms with Gasteiger partial charge in [-0.3, -0.25) is 4.99 Å². The largest absolute Gasteiger partial charge is 0.359 e. The van der Waals surface area contributed by atoms with Crippen molar-refractivity contribution in [2.45, 2.75) is 82.5 Å². The highest BCUT2D eigenvalue weighted by Gasteiger charge is 2.66. The molecule has 0 aromatic carbocycles. The van der Waals surface area contributed by atoms with E-state index < -0.39 is 0 Å². The van der Waals surface area contributed by atoms with Crippen molar-refractivity contribution in [3.05, 3.63) is 47.1 Å². The topological polar surface area (TPSA) is 24.8 Å². The lowest BCUT2D eigenvalue weighted by Gasteiger charge is -2.55. The maximum Gasteiger partial charge on any atom is 0.0974 e. The lowest BCUT2D eigenvalue weighted by atomic mass is 9.58. The van der Waals surface area contributed by atoms with Crippen molar-refractivity contribution in [2.24, 2.45) is 22.2 Å². The van der Waals surface area contributed by atoms with Gasteiger partial charge in [0.1, 0.15) is 0 Å². The first-order valence-corrected chi connectivity index (χ1v) is 12.3. The molecule has 0 N–H and O–H groups in total. The predicted molar refractivity (Wildman–Crippen MR) is 130 cm³/mol. The molecule has 1 saturated heterocycles. The molecular formula is C28H40N2O. The van der Waals surface area contributed by atoms with Crippen LogP contribution in [-0.4, -0.2) is 49.5 Å². The minimum atomic E-state index is -0.0539. The Labute approximate surface area is 189 Å². The van der Waals surface area contributed by atoms with E-state index in [9.17, 15) is 0 Å². The average Bonchev–Trinajstić information content (AvgIpc) is 3.23. The van der Waals surface area contributed by atoms with Crippen molar-refractivity contribution in [1.82, 2.24) is 4.90 Å². The lowest BCUT2D eigenvalue weighted by molar-refractivity contribution is -0.140. The predicted octanol–water partition coefficient (Wildman–Crippen LogP) is 5.89. The van der Waals surface area contributed by atoms with Crippen LogP contribution in [0.1, 0.15) is 65.2 Å². The van der Waals surface area contributed by atoms with E-state index >= 15 is 0 Å². The van der Waals surface area contributed by atoms with Crippen LogP contribution in [-0.2, 0) is 4.74 Å². The first-order valence-electron chi connectivity index (χ1n) is 12.3. The molecule has 3 heteroatoms. The smallest absolute Gasteiger partial charge is 0.0974 e. The molecule has 6 atom stereocenters. The Balaban J connectivity index is 1.49. The van der Waals surface area contributed by atoms with E-state index in [-0.39, 0.29) is 16.6 Å². The summed E-state index contributed by atoms with van der Waals surface area (Å²) in [7, 11) is 6.29. The molecule has 3 unspecified atom stereocenters. The van der Waals surface area contributed by atoms with E-state index in [4.69, 9.17) is 4.74 Å². The summed E-state index contributed by atoms with van der Waals surface area (Å²) in [4.78, 5) is 6.56. The number of hydrogen-bond donors (Lipinski definition) is 0. The molecule has 0 radical (unpaired) electrons. The Morgan fingerprint density at radius 2 is 2.06 bits per heavy atom. The normalized spacial score (nSPS) is 44.1. The van der Waals surface area contributed by atoms with Crippen molar-refractivity contribution < 1.29 is 4.74 Å². The van der Waals surface area contributed by atoms with Gasteiger partial charge in [0.05, 0.1) is 11.2 Å². The first-order chi connectivity index (χ1) is 14.7. The molecule has 2 bridgehead atoms. The molecule has 0 aromatic rings. The van der Waals surface area contributed by atoms with E-state index in [2.05, 4.69) is 62.6 Å². The van der Waals surface area contributed by atoms with Gasteiger partial charge in [-0.2, -0.15) is 0 Å². The molecule has 5 aliphatic rings. The zero-order valence-corrected chi connectivity index (χ0v) is 20.2. The van der Waals surface area contributed by atoms with Gasteiger partial charge < -0.3 is 9.64 Å². The highest BCUT2D eigenvalue weighted by atomic mass is 16.5. The van der Waals surface area contributed by atoms with E-state index in [0.29, 0.717) is 17.9 Å². The van der Waals surface area contributed by atoms with E-state index in [1.807, 2.05) is 13.3 Å². The number of hydrogen-bond acceptors (Lipinski definition) is 3. The zero-order chi connectivity index (χ0) is 22.0. The molecule has 2 aliphatic heterocycles. The summed E-state index contributed by atoms with van der Waals surface area (Å²) in [5.41, 5.74) is 5.80. The van der Waals surface area contributed by atoms with Gasteiger partial charge >= 0.3 is 0 Å². The quantitative estimate of drug-likeness (QED) is 0.418. The Hall–Kier alpha value is -1.45. The van der Waals surface area contributed by atoms with Crippen LogP contribution in [0.25, 0.3) is 0 Å². The summed E-state index contributed by atoms with van der Waals surface area (Å²) in [5, 5.41) is 0. The van der Waals surface area contributed by atoms with Crippen molar-refractivity contribution in [3.8, 4) is 0 Å². The SMILES string of the molecule is C=C(C=NC)/C=C(\C)C1CC[C@@H]2C1(C)CC=C1C=C3CCC(N(C)C)C[C@]34CC[C@@]12O4. The summed E-state index contributed by atoms with van der Waals surface area (Å²) < 4.78 is 7.37. The van der Waals surface area contributed by atoms with Crippen molar-refractivity contribution in [2.75, 3.05) is 21.1 Å². The van der Waals surface area contributed by atoms with Crippen LogP contribution in [0.4, 0.5) is 0 Å². The van der Waals surface area contributed by atoms with Crippen LogP contribution >= 0.6 is 0 Å². The molecule has 0 aromatic heterocycles. The highest BCUT2D eigenvalue weighted by Crippen LogP contribution is 2.68. The molecule has 2 heterocycles. The Kier molecular flexibility index (Phi) is 5.03. The first kappa shape index (κ1) is 21.4. The minimum absolute atomic E-state index is 0.00236. The van der Waals surface area contributed by atoms with Gasteiger partial charge in [0.25, 0.3) is 0 Å². The van der Waals surface area contributed by atoms with Crippen LogP contribution in [0.3, 0.4) is 0 Å². The van der Waals surface area contributed by atoms with Gasteiger partial charge in [0, 0.05) is 19.3 Å². The monoisotopic (exact) mass is 420 g/mol. The van der Waals surface area contributed by atoms with Crippen LogP contribution in [0.15, 0.2) is 52.1 Å². The summed E-state index contributed by atoms with van der Waals surface area (Å²) in [6.45, 7) is 9.03. The number of nitrogens with zero attached hydrogens (tertiary/aromatic N) is 2. The fourth-order valence-electron chi connectivity index (χ4n) is 8.17. The van der Waals surface area contributed by atoms with E-state index in [1.165, 1.54) is 62.5 Å². The zero-order valence-electron chi connectivity index (χ0n) is 20.2. The molecule has 31 heavy (non-hydrogen) atoms. The van der Waals surface area contributed by atoms with Gasteiger partial charge in [0.2, 0.25) is 0 Å². The Bertz CT molecular complexity index is 908. The number of ether oxygens (including phenoxy) is 1. The molecule has 5 rings (SSSR count). The summed E-state index contributed by atoms with van der Waals surface area (Å²) in [6, 6.07) is 0.639. The van der Waals surface area contributed by atoms with Crippen molar-refractivity contribution >= 4 is 6.21 Å². The number of rotatable bonds is 4. The Morgan fingerprint density at radius 1 is 1.26 bits per heavy atom. The second kappa shape index (κ2) is 7.28. The third kappa shape index (κ3) is 3.03. The minimum Gasteiger partial charge on any atom is -0.359 e. The van der Waals surface area contributed by atoms with Crippen molar-refractivity contribution in [1.29, 1.82) is 0 Å². The van der Waals surface area contributed by atoms with E-state index in [1.54, 1.807) is 5.57 Å². The second-order valence-electron chi connectivity index (χ2n) is 11.4. The molecule has 3 aliphatic carbocycles. The van der Waals surface area contributed by atoms with Gasteiger partial charge in [0.15, 0.2) is 0 Å². The molecule has 3 fully saturated rings. The standard InChI is InChI=1S/C28H40N2O/c1-19(18-29-4)15-20(2)24-9-10-25-26(24,3)12-11-22-16-21-7-8-23(30(5)6)17-27(21)13-14-28(22,25)31-27/h11,15-16,18,23-25H,1,7-10,12-14,17H2,2-6H3/b20-15+,29-18?/t23?,24?,25-,26?,27-,28-/m1/s1. The summed E-state index contributed by atoms with van der Waals surface area (Å²) in [5.74, 6) is 1.21. The van der Waals surface area contributed by atoms with E-state index in [0.717, 1.165) is 5.57 Å². The fourth-order valence-corrected chi connectivity index (χ4v) is 8.17. The summed E-state index contributed by atoms with van der Waals surface area (Å²) in [6.07, 6.45) is 19.0. The lowest BCUT2D eigenvalue weighted by Crippen LogP contribution is -2.55. The Morgan fingerprint density at radius 3 is 2.81 bits per heavy atom.